The Hall–Kier alpha value is -4.24. The molecule has 2 saturated heterocycles. The minimum Gasteiger partial charge on any atom is -0.461 e. The second-order valence-electron chi connectivity index (χ2n) is 12.8. The molecule has 15 heteroatoms. The molecule has 0 bridgehead atoms. The van der Waals surface area contributed by atoms with E-state index in [0.29, 0.717) is 45.4 Å². The van der Waals surface area contributed by atoms with Crippen LogP contribution in [0.2, 0.25) is 0 Å². The molecule has 3 fully saturated rings. The predicted octanol–water partition coefficient (Wildman–Crippen LogP) is 4.44. The summed E-state index contributed by atoms with van der Waals surface area (Å²) in [6, 6.07) is 2.34. The van der Waals surface area contributed by atoms with Crippen molar-refractivity contribution in [3.8, 4) is 17.3 Å². The average molecular weight is 650 g/mol. The third-order valence-corrected chi connectivity index (χ3v) is 10.8. The highest BCUT2D eigenvalue weighted by Gasteiger charge is 2.49. The lowest BCUT2D eigenvalue weighted by Crippen LogP contribution is -2.43. The van der Waals surface area contributed by atoms with Crippen molar-refractivity contribution in [2.45, 2.75) is 62.9 Å². The van der Waals surface area contributed by atoms with E-state index in [0.717, 1.165) is 36.5 Å². The maximum absolute atomic E-state index is 17.2. The number of benzene rings is 1. The van der Waals surface area contributed by atoms with Crippen LogP contribution in [0.15, 0.2) is 29.3 Å². The Balaban J connectivity index is 1.25. The molecule has 9 rings (SSSR count). The van der Waals surface area contributed by atoms with Crippen LogP contribution in [-0.4, -0.2) is 71.9 Å². The van der Waals surface area contributed by atoms with Gasteiger partial charge in [0, 0.05) is 50.1 Å². The quantitative estimate of drug-likeness (QED) is 0.285. The molecule has 4 aliphatic rings. The summed E-state index contributed by atoms with van der Waals surface area (Å²) in [6.07, 6.45) is 6.12. The Bertz CT molecular complexity index is 2110. The minimum absolute atomic E-state index is 0.0169. The van der Waals surface area contributed by atoms with Gasteiger partial charge in [0.1, 0.15) is 41.1 Å². The largest absolute Gasteiger partial charge is 0.461 e. The maximum atomic E-state index is 17.2. The number of alkyl halides is 1. The van der Waals surface area contributed by atoms with Crippen LogP contribution in [0.5, 0.6) is 6.01 Å². The zero-order valence-electron chi connectivity index (χ0n) is 24.8. The topological polar surface area (TPSA) is 120 Å². The fourth-order valence-electron chi connectivity index (χ4n) is 7.63. The van der Waals surface area contributed by atoms with Crippen molar-refractivity contribution < 1.29 is 17.9 Å². The number of anilines is 2. The van der Waals surface area contributed by atoms with E-state index >= 15 is 4.39 Å². The Kier molecular flexibility index (Phi) is 6.17. The van der Waals surface area contributed by atoms with E-state index in [2.05, 4.69) is 19.9 Å². The van der Waals surface area contributed by atoms with Gasteiger partial charge in [-0.15, -0.1) is 0 Å². The third-order valence-electron chi connectivity index (χ3n) is 9.91. The molecule has 11 nitrogen and oxygen atoms in total. The molecule has 2 N–H and O–H groups in total. The van der Waals surface area contributed by atoms with E-state index in [-0.39, 0.29) is 62.0 Å². The van der Waals surface area contributed by atoms with Gasteiger partial charge in [0.05, 0.1) is 28.0 Å². The summed E-state index contributed by atoms with van der Waals surface area (Å²) in [5.41, 5.74) is 5.27. The maximum Gasteiger partial charge on any atom is 0.319 e. The fraction of sp³-hybridized carbons (Fsp3) is 0.452. The van der Waals surface area contributed by atoms with Crippen molar-refractivity contribution >= 4 is 43.4 Å². The van der Waals surface area contributed by atoms with E-state index < -0.39 is 28.9 Å². The van der Waals surface area contributed by atoms with Crippen molar-refractivity contribution in [1.29, 1.82) is 0 Å². The summed E-state index contributed by atoms with van der Waals surface area (Å²) in [4.78, 5) is 36.6. The lowest BCUT2D eigenvalue weighted by molar-refractivity contribution is 0.107. The van der Waals surface area contributed by atoms with Crippen LogP contribution < -0.4 is 20.9 Å². The first kappa shape index (κ1) is 28.0. The van der Waals surface area contributed by atoms with E-state index in [1.54, 1.807) is 6.20 Å². The van der Waals surface area contributed by atoms with Gasteiger partial charge in [0.2, 0.25) is 0 Å². The molecule has 3 aliphatic heterocycles. The summed E-state index contributed by atoms with van der Waals surface area (Å²) in [5.74, 6) is -0.230. The van der Waals surface area contributed by atoms with Crippen molar-refractivity contribution in [3.63, 3.8) is 0 Å². The van der Waals surface area contributed by atoms with Crippen LogP contribution in [0, 0.1) is 11.6 Å². The van der Waals surface area contributed by atoms with Crippen LogP contribution in [0.4, 0.5) is 24.1 Å². The number of hydrogen-bond acceptors (Lipinski definition) is 10. The standard InChI is InChI=1S/C31H30F3N9O2S/c32-16-12-31(6-1-8-42(31)13-16)15-45-30-38-24-21(27(39-30)41-11-10-40-9-7-36-20(40)14-41)28(44)43(17-2-3-17)25(22(24)34)18-4-5-19(33)26-23(18)37-29(35)46-26/h4-5,7,9,16-17H,1-3,6,8,10-15H2,(H2,35,37)/t16-,31+/m1/s1. The van der Waals surface area contributed by atoms with Gasteiger partial charge in [-0.05, 0) is 44.4 Å². The zero-order valence-corrected chi connectivity index (χ0v) is 25.6. The number of aromatic nitrogens is 6. The average Bonchev–Trinajstić information content (AvgIpc) is 3.32. The molecule has 5 aromatic rings. The molecule has 238 valence electrons. The first-order valence-electron chi connectivity index (χ1n) is 15.6. The van der Waals surface area contributed by atoms with Gasteiger partial charge in [-0.25, -0.2) is 23.1 Å². The van der Waals surface area contributed by atoms with Gasteiger partial charge in [0.25, 0.3) is 5.56 Å². The molecular formula is C31H30F3N9O2S. The number of nitrogen functional groups attached to an aromatic ring is 1. The number of pyridine rings is 1. The van der Waals surface area contributed by atoms with Crippen molar-refractivity contribution in [2.24, 2.45) is 0 Å². The third kappa shape index (κ3) is 4.24. The number of thiazole rings is 1. The van der Waals surface area contributed by atoms with E-state index in [9.17, 15) is 13.6 Å². The number of halogens is 3. The molecule has 1 aromatic carbocycles. The van der Waals surface area contributed by atoms with Gasteiger partial charge in [-0.1, -0.05) is 11.3 Å². The monoisotopic (exact) mass is 649 g/mol. The van der Waals surface area contributed by atoms with Crippen molar-refractivity contribution in [2.75, 3.05) is 36.9 Å². The molecule has 1 saturated carbocycles. The van der Waals surface area contributed by atoms with Crippen LogP contribution in [-0.2, 0) is 13.1 Å². The van der Waals surface area contributed by atoms with E-state index in [4.69, 9.17) is 15.5 Å². The summed E-state index contributed by atoms with van der Waals surface area (Å²) >= 11 is 0.967. The molecule has 46 heavy (non-hydrogen) atoms. The van der Waals surface area contributed by atoms with E-state index in [1.165, 1.54) is 16.7 Å². The fourth-order valence-corrected chi connectivity index (χ4v) is 8.40. The highest BCUT2D eigenvalue weighted by Crippen LogP contribution is 2.44. The van der Waals surface area contributed by atoms with Gasteiger partial charge in [-0.2, -0.15) is 9.97 Å². The molecule has 0 amide bonds. The van der Waals surface area contributed by atoms with Gasteiger partial charge in [0.15, 0.2) is 10.9 Å². The molecule has 1 aliphatic carbocycles. The summed E-state index contributed by atoms with van der Waals surface area (Å²) < 4.78 is 56.4. The molecule has 0 radical (unpaired) electrons. The molecule has 0 spiro atoms. The first-order valence-corrected chi connectivity index (χ1v) is 16.4. The van der Waals surface area contributed by atoms with E-state index in [1.807, 2.05) is 15.7 Å². The highest BCUT2D eigenvalue weighted by atomic mass is 32.1. The number of fused-ring (bicyclic) bond motifs is 4. The zero-order chi connectivity index (χ0) is 31.3. The molecule has 7 heterocycles. The lowest BCUT2D eigenvalue weighted by atomic mass is 9.95. The lowest BCUT2D eigenvalue weighted by Gasteiger charge is -2.32. The Morgan fingerprint density at radius 3 is 2.83 bits per heavy atom. The molecule has 0 unspecified atom stereocenters. The summed E-state index contributed by atoms with van der Waals surface area (Å²) in [5, 5.41) is 0.177. The van der Waals surface area contributed by atoms with Crippen molar-refractivity contribution in [3.05, 3.63) is 52.3 Å². The number of nitrogens with two attached hydrogens (primary N) is 1. The van der Waals surface area contributed by atoms with Gasteiger partial charge >= 0.3 is 6.01 Å². The summed E-state index contributed by atoms with van der Waals surface area (Å²) in [7, 11) is 0. The van der Waals surface area contributed by atoms with Crippen molar-refractivity contribution in [1.82, 2.24) is 34.0 Å². The first-order chi connectivity index (χ1) is 22.3. The van der Waals surface area contributed by atoms with Crippen LogP contribution in [0.1, 0.15) is 44.0 Å². The molecular weight excluding hydrogens is 619 g/mol. The molecule has 4 aromatic heterocycles. The van der Waals surface area contributed by atoms with Crippen LogP contribution >= 0.6 is 11.3 Å². The second kappa shape index (κ2) is 10.1. The van der Waals surface area contributed by atoms with Gasteiger partial charge in [-0.3, -0.25) is 9.69 Å². The summed E-state index contributed by atoms with van der Waals surface area (Å²) in [6.45, 7) is 2.75. The number of nitrogens with zero attached hydrogens (tertiary/aromatic N) is 8. The smallest absolute Gasteiger partial charge is 0.319 e. The van der Waals surface area contributed by atoms with Crippen LogP contribution in [0.25, 0.3) is 32.4 Å². The second-order valence-corrected chi connectivity index (χ2v) is 13.8. The minimum atomic E-state index is -0.942. The number of rotatable bonds is 6. The van der Waals surface area contributed by atoms with Crippen LogP contribution in [0.3, 0.4) is 0 Å². The molecule has 2 atom stereocenters. The number of hydrogen-bond donors (Lipinski definition) is 1. The van der Waals surface area contributed by atoms with Gasteiger partial charge < -0.3 is 24.5 Å². The highest BCUT2D eigenvalue weighted by molar-refractivity contribution is 7.22. The normalized spacial score (nSPS) is 23.0. The SMILES string of the molecule is Nc1nc2c(-c3c(F)c4nc(OC[C@@]56CCCN5C[C@H](F)C6)nc(N5CCn6ccnc6C5)c4c(=O)n3C3CC3)ccc(F)c2s1. The Morgan fingerprint density at radius 1 is 1.11 bits per heavy atom. The number of imidazole rings is 1. The Morgan fingerprint density at radius 2 is 1.98 bits per heavy atom. The Labute approximate surface area is 264 Å². The predicted molar refractivity (Wildman–Crippen MR) is 167 cm³/mol. The number of ether oxygens (including phenoxy) is 1.